The Bertz CT molecular complexity index is 157. The predicted octanol–water partition coefficient (Wildman–Crippen LogP) is -0.0961. The lowest BCUT2D eigenvalue weighted by molar-refractivity contribution is -0.129. The standard InChI is InChI=1S/C6H11NO4/c1-4(10-2)5(8)7-6(9)11-3/h4H,1-3H3,(H,7,8,9). The molecule has 0 aliphatic rings. The maximum Gasteiger partial charge on any atom is 0.413 e. The molecule has 64 valence electrons. The number of nitrogens with one attached hydrogen (secondary N) is 1. The zero-order valence-electron chi connectivity index (χ0n) is 6.71. The van der Waals surface area contributed by atoms with Crippen LogP contribution in [0.2, 0.25) is 0 Å². The highest BCUT2D eigenvalue weighted by molar-refractivity contribution is 5.93. The molecule has 11 heavy (non-hydrogen) atoms. The van der Waals surface area contributed by atoms with Crippen LogP contribution < -0.4 is 5.32 Å². The third-order valence-corrected chi connectivity index (χ3v) is 1.13. The molecule has 0 aliphatic heterocycles. The molecule has 0 heterocycles. The highest BCUT2D eigenvalue weighted by Crippen LogP contribution is 1.86. The van der Waals surface area contributed by atoms with E-state index in [1.165, 1.54) is 21.1 Å². The molecule has 0 aliphatic carbocycles. The number of hydrogen-bond acceptors (Lipinski definition) is 4. The van der Waals surface area contributed by atoms with E-state index < -0.39 is 18.1 Å². The van der Waals surface area contributed by atoms with Crippen LogP contribution in [-0.4, -0.2) is 32.3 Å². The van der Waals surface area contributed by atoms with Gasteiger partial charge in [0.05, 0.1) is 7.11 Å². The molecule has 5 heteroatoms. The molecule has 0 aromatic heterocycles. The fourth-order valence-electron chi connectivity index (χ4n) is 0.360. The first-order valence-electron chi connectivity index (χ1n) is 3.03. The van der Waals surface area contributed by atoms with Crippen molar-refractivity contribution in [2.75, 3.05) is 14.2 Å². The van der Waals surface area contributed by atoms with Gasteiger partial charge in [-0.3, -0.25) is 10.1 Å². The largest absolute Gasteiger partial charge is 0.453 e. The van der Waals surface area contributed by atoms with Gasteiger partial charge in [-0.2, -0.15) is 0 Å². The van der Waals surface area contributed by atoms with Crippen LogP contribution in [0.15, 0.2) is 0 Å². The van der Waals surface area contributed by atoms with Gasteiger partial charge in [0.1, 0.15) is 6.10 Å². The molecule has 0 saturated carbocycles. The Morgan fingerprint density at radius 1 is 1.36 bits per heavy atom. The van der Waals surface area contributed by atoms with Gasteiger partial charge in [-0.15, -0.1) is 0 Å². The third kappa shape index (κ3) is 3.57. The number of alkyl carbamates (subject to hydrolysis) is 1. The highest BCUT2D eigenvalue weighted by atomic mass is 16.5. The molecule has 2 amide bonds. The van der Waals surface area contributed by atoms with Crippen molar-refractivity contribution in [2.45, 2.75) is 13.0 Å². The zero-order chi connectivity index (χ0) is 8.85. The minimum absolute atomic E-state index is 0.514. The number of methoxy groups -OCH3 is 2. The van der Waals surface area contributed by atoms with Crippen LogP contribution >= 0.6 is 0 Å². The SMILES string of the molecule is COC(=O)NC(=O)C(C)OC. The van der Waals surface area contributed by atoms with Crippen molar-refractivity contribution in [1.29, 1.82) is 0 Å². The van der Waals surface area contributed by atoms with Crippen molar-refractivity contribution in [3.63, 3.8) is 0 Å². The van der Waals surface area contributed by atoms with Crippen molar-refractivity contribution < 1.29 is 19.1 Å². The first kappa shape index (κ1) is 9.90. The van der Waals surface area contributed by atoms with Gasteiger partial charge in [0, 0.05) is 7.11 Å². The minimum Gasteiger partial charge on any atom is -0.453 e. The second-order valence-electron chi connectivity index (χ2n) is 1.86. The molecular weight excluding hydrogens is 150 g/mol. The van der Waals surface area contributed by atoms with Crippen LogP contribution in [0.25, 0.3) is 0 Å². The molecule has 0 saturated heterocycles. The Morgan fingerprint density at radius 3 is 2.27 bits per heavy atom. The molecule has 0 spiro atoms. The van der Waals surface area contributed by atoms with Crippen LogP contribution in [0, 0.1) is 0 Å². The maximum absolute atomic E-state index is 10.8. The summed E-state index contributed by atoms with van der Waals surface area (Å²) in [5.74, 6) is -0.514. The Balaban J connectivity index is 3.77. The summed E-state index contributed by atoms with van der Waals surface area (Å²) < 4.78 is 8.83. The monoisotopic (exact) mass is 161 g/mol. The summed E-state index contributed by atoms with van der Waals surface area (Å²) >= 11 is 0. The summed E-state index contributed by atoms with van der Waals surface area (Å²) in [5.41, 5.74) is 0. The van der Waals surface area contributed by atoms with Crippen molar-refractivity contribution in [1.82, 2.24) is 5.32 Å². The van der Waals surface area contributed by atoms with Gasteiger partial charge in [-0.05, 0) is 6.92 Å². The molecule has 1 unspecified atom stereocenters. The fourth-order valence-corrected chi connectivity index (χ4v) is 0.360. The summed E-state index contributed by atoms with van der Waals surface area (Å²) in [6.07, 6.45) is -1.42. The van der Waals surface area contributed by atoms with Gasteiger partial charge < -0.3 is 9.47 Å². The number of carbonyl (C=O) groups is 2. The van der Waals surface area contributed by atoms with Gasteiger partial charge >= 0.3 is 6.09 Å². The van der Waals surface area contributed by atoms with Gasteiger partial charge in [-0.1, -0.05) is 0 Å². The lowest BCUT2D eigenvalue weighted by Crippen LogP contribution is -2.37. The van der Waals surface area contributed by atoms with E-state index in [0.29, 0.717) is 0 Å². The summed E-state index contributed by atoms with van der Waals surface area (Å²) in [7, 11) is 2.56. The van der Waals surface area contributed by atoms with E-state index in [2.05, 4.69) is 9.47 Å². The van der Waals surface area contributed by atoms with Gasteiger partial charge in [0.2, 0.25) is 0 Å². The van der Waals surface area contributed by atoms with Crippen molar-refractivity contribution in [3.8, 4) is 0 Å². The summed E-state index contributed by atoms with van der Waals surface area (Å²) in [5, 5.41) is 1.96. The van der Waals surface area contributed by atoms with E-state index in [1.807, 2.05) is 5.32 Å². The normalized spacial score (nSPS) is 11.9. The average Bonchev–Trinajstić information content (AvgIpc) is 2.02. The first-order valence-corrected chi connectivity index (χ1v) is 3.03. The molecule has 1 N–H and O–H groups in total. The maximum atomic E-state index is 10.8. The van der Waals surface area contributed by atoms with Crippen LogP contribution in [-0.2, 0) is 14.3 Å². The van der Waals surface area contributed by atoms with Gasteiger partial charge in [0.25, 0.3) is 5.91 Å². The van der Waals surface area contributed by atoms with E-state index in [1.54, 1.807) is 0 Å². The van der Waals surface area contributed by atoms with E-state index in [4.69, 9.17) is 0 Å². The summed E-state index contributed by atoms with van der Waals surface area (Å²) in [6, 6.07) is 0. The number of amides is 2. The van der Waals surface area contributed by atoms with Crippen LogP contribution in [0.1, 0.15) is 6.92 Å². The van der Waals surface area contributed by atoms with E-state index >= 15 is 0 Å². The summed E-state index contributed by atoms with van der Waals surface area (Å²) in [6.45, 7) is 1.53. The Hall–Kier alpha value is -1.10. The van der Waals surface area contributed by atoms with Gasteiger partial charge in [-0.25, -0.2) is 4.79 Å². The second-order valence-corrected chi connectivity index (χ2v) is 1.86. The van der Waals surface area contributed by atoms with E-state index in [9.17, 15) is 9.59 Å². The van der Waals surface area contributed by atoms with Gasteiger partial charge in [0.15, 0.2) is 0 Å². The molecule has 0 aromatic carbocycles. The molecule has 0 rings (SSSR count). The van der Waals surface area contributed by atoms with Crippen LogP contribution in [0.5, 0.6) is 0 Å². The molecule has 0 fully saturated rings. The lowest BCUT2D eigenvalue weighted by Gasteiger charge is -2.07. The number of rotatable bonds is 2. The zero-order valence-corrected chi connectivity index (χ0v) is 6.71. The smallest absolute Gasteiger partial charge is 0.413 e. The molecule has 0 radical (unpaired) electrons. The Labute approximate surface area is 64.7 Å². The fraction of sp³-hybridized carbons (Fsp3) is 0.667. The number of imide groups is 1. The average molecular weight is 161 g/mol. The highest BCUT2D eigenvalue weighted by Gasteiger charge is 2.14. The van der Waals surface area contributed by atoms with E-state index in [0.717, 1.165) is 0 Å². The Morgan fingerprint density at radius 2 is 1.91 bits per heavy atom. The summed E-state index contributed by atoms with van der Waals surface area (Å²) in [4.78, 5) is 21.2. The van der Waals surface area contributed by atoms with Crippen molar-refractivity contribution in [3.05, 3.63) is 0 Å². The second kappa shape index (κ2) is 4.68. The number of carbonyl (C=O) groups excluding carboxylic acids is 2. The lowest BCUT2D eigenvalue weighted by atomic mass is 10.4. The van der Waals surface area contributed by atoms with Crippen LogP contribution in [0.3, 0.4) is 0 Å². The minimum atomic E-state index is -0.779. The Kier molecular flexibility index (Phi) is 4.21. The topological polar surface area (TPSA) is 64.6 Å². The third-order valence-electron chi connectivity index (χ3n) is 1.13. The first-order chi connectivity index (χ1) is 5.11. The number of hydrogen-bond donors (Lipinski definition) is 1. The predicted molar refractivity (Wildman–Crippen MR) is 37.0 cm³/mol. The van der Waals surface area contributed by atoms with Crippen molar-refractivity contribution in [2.24, 2.45) is 0 Å². The van der Waals surface area contributed by atoms with E-state index in [-0.39, 0.29) is 0 Å². The molecule has 1 atom stereocenters. The molecule has 0 aromatic rings. The molecule has 5 nitrogen and oxygen atoms in total. The number of ether oxygens (including phenoxy) is 2. The van der Waals surface area contributed by atoms with Crippen LogP contribution in [0.4, 0.5) is 4.79 Å². The quantitative estimate of drug-likeness (QED) is 0.614. The van der Waals surface area contributed by atoms with Crippen molar-refractivity contribution >= 4 is 12.0 Å². The molecular formula is C6H11NO4. The molecule has 0 bridgehead atoms.